The maximum atomic E-state index is 6.94. The van der Waals surface area contributed by atoms with Crippen LogP contribution in [0.1, 0.15) is 0 Å². The highest BCUT2D eigenvalue weighted by Gasteiger charge is 2.41. The fourth-order valence-electron chi connectivity index (χ4n) is 8.80. The second-order valence-electron chi connectivity index (χ2n) is 13.9. The zero-order valence-corrected chi connectivity index (χ0v) is 28.4. The maximum Gasteiger partial charge on any atom is 0.434 e. The van der Waals surface area contributed by atoms with Gasteiger partial charge in [-0.1, -0.05) is 115 Å². The van der Waals surface area contributed by atoms with E-state index in [-0.39, 0.29) is 6.92 Å². The Morgan fingerprint density at radius 1 is 0.434 bits per heavy atom. The fraction of sp³-hybridized carbons (Fsp3) is 0. The molecule has 0 amide bonds. The van der Waals surface area contributed by atoms with Crippen molar-refractivity contribution in [3.63, 3.8) is 0 Å². The Balaban J connectivity index is 1.05. The van der Waals surface area contributed by atoms with Gasteiger partial charge >= 0.3 is 6.92 Å². The van der Waals surface area contributed by atoms with Crippen LogP contribution in [-0.4, -0.2) is 11.5 Å². The molecule has 0 fully saturated rings. The lowest BCUT2D eigenvalue weighted by Gasteiger charge is -2.33. The van der Waals surface area contributed by atoms with E-state index in [0.717, 1.165) is 89.2 Å². The molecule has 2 aliphatic rings. The van der Waals surface area contributed by atoms with Crippen LogP contribution in [0.15, 0.2) is 174 Å². The number of ether oxygens (including phenoxy) is 1. The van der Waals surface area contributed by atoms with E-state index >= 15 is 0 Å². The maximum absolute atomic E-state index is 6.94. The van der Waals surface area contributed by atoms with Gasteiger partial charge in [0.1, 0.15) is 28.4 Å². The third kappa shape index (κ3) is 4.07. The summed E-state index contributed by atoms with van der Waals surface area (Å²) in [7, 11) is 0. The fourth-order valence-corrected chi connectivity index (χ4v) is 8.80. The summed E-state index contributed by atoms with van der Waals surface area (Å²) in [5.74, 6) is 2.48. The van der Waals surface area contributed by atoms with Crippen LogP contribution in [-0.2, 0) is 0 Å². The van der Waals surface area contributed by atoms with Crippen molar-refractivity contribution in [3.05, 3.63) is 170 Å². The number of furan rings is 1. The largest absolute Gasteiger partial charge is 0.551 e. The average Bonchev–Trinajstić information content (AvgIpc) is 3.77. The Labute approximate surface area is 305 Å². The summed E-state index contributed by atoms with van der Waals surface area (Å²) in [5.41, 5.74) is 13.9. The van der Waals surface area contributed by atoms with Crippen molar-refractivity contribution in [2.24, 2.45) is 0 Å². The van der Waals surface area contributed by atoms with Crippen molar-refractivity contribution in [2.75, 3.05) is 0 Å². The molecule has 53 heavy (non-hydrogen) atoms. The molecular weight excluding hydrogens is 649 g/mol. The molecular formula is C48H28BNO3. The number of benzene rings is 8. The summed E-state index contributed by atoms with van der Waals surface area (Å²) >= 11 is 0. The summed E-state index contributed by atoms with van der Waals surface area (Å²) in [4.78, 5) is 0. The van der Waals surface area contributed by atoms with Gasteiger partial charge in [-0.15, -0.1) is 0 Å². The smallest absolute Gasteiger partial charge is 0.434 e. The molecule has 10 aromatic rings. The molecule has 0 unspecified atom stereocenters. The Hall–Kier alpha value is -6.98. The van der Waals surface area contributed by atoms with Gasteiger partial charge in [-0.25, -0.2) is 0 Å². The van der Waals surface area contributed by atoms with E-state index in [9.17, 15) is 0 Å². The van der Waals surface area contributed by atoms with Gasteiger partial charge in [0.05, 0.1) is 16.7 Å². The first kappa shape index (κ1) is 28.7. The molecule has 246 valence electrons. The Bertz CT molecular complexity index is 3100. The van der Waals surface area contributed by atoms with Crippen LogP contribution in [0.4, 0.5) is 0 Å². The third-order valence-corrected chi connectivity index (χ3v) is 11.1. The van der Waals surface area contributed by atoms with Gasteiger partial charge in [-0.3, -0.25) is 0 Å². The van der Waals surface area contributed by atoms with E-state index in [1.807, 2.05) is 24.3 Å². The summed E-state index contributed by atoms with van der Waals surface area (Å²) in [5, 5.41) is 4.69. The molecule has 0 saturated carbocycles. The molecule has 4 nitrogen and oxygen atoms in total. The first-order valence-corrected chi connectivity index (χ1v) is 18.0. The van der Waals surface area contributed by atoms with E-state index in [0.29, 0.717) is 0 Å². The first-order valence-electron chi connectivity index (χ1n) is 18.0. The molecule has 2 aliphatic heterocycles. The summed E-state index contributed by atoms with van der Waals surface area (Å²) in [6.07, 6.45) is 0. The lowest BCUT2D eigenvalue weighted by molar-refractivity contribution is 0.479. The van der Waals surface area contributed by atoms with Crippen molar-refractivity contribution >= 4 is 61.6 Å². The molecule has 0 N–H and O–H groups in total. The molecule has 0 aliphatic carbocycles. The van der Waals surface area contributed by atoms with E-state index in [1.54, 1.807) is 0 Å². The van der Waals surface area contributed by atoms with Crippen LogP contribution in [0.2, 0.25) is 0 Å². The van der Waals surface area contributed by atoms with Crippen molar-refractivity contribution in [3.8, 4) is 56.3 Å². The van der Waals surface area contributed by atoms with Crippen LogP contribution in [0.5, 0.6) is 17.2 Å². The third-order valence-electron chi connectivity index (χ3n) is 11.1. The topological polar surface area (TPSA) is 36.5 Å². The lowest BCUT2D eigenvalue weighted by Crippen LogP contribution is -2.53. The highest BCUT2D eigenvalue weighted by atomic mass is 16.5. The summed E-state index contributed by atoms with van der Waals surface area (Å²) < 4.78 is 22.5. The zero-order chi connectivity index (χ0) is 34.6. The minimum Gasteiger partial charge on any atom is -0.551 e. The minimum absolute atomic E-state index is 0.335. The highest BCUT2D eigenvalue weighted by molar-refractivity contribution is 6.84. The number of fused-ring (bicyclic) bond motifs is 10. The van der Waals surface area contributed by atoms with Gasteiger partial charge in [-0.2, -0.15) is 0 Å². The number of rotatable bonds is 3. The second-order valence-corrected chi connectivity index (χ2v) is 13.9. The predicted molar refractivity (Wildman–Crippen MR) is 217 cm³/mol. The van der Waals surface area contributed by atoms with Crippen LogP contribution >= 0.6 is 0 Å². The number of hydrogen-bond acceptors (Lipinski definition) is 3. The Kier molecular flexibility index (Phi) is 5.83. The number of para-hydroxylation sites is 5. The summed E-state index contributed by atoms with van der Waals surface area (Å²) in [6.45, 7) is -0.335. The van der Waals surface area contributed by atoms with E-state index in [1.165, 1.54) is 21.8 Å². The van der Waals surface area contributed by atoms with E-state index < -0.39 is 0 Å². The molecule has 8 aromatic carbocycles. The van der Waals surface area contributed by atoms with Crippen LogP contribution in [0, 0.1) is 0 Å². The SMILES string of the molecule is c1ccc2c(c1)OB1c3cc(-c4ccccc4-n4c5ccccc5c5ccccc54)ccc3Oc3cc(-c4cccc5oc6ccccc6c45)cc-2c31. The normalized spacial score (nSPS) is 12.8. The second kappa shape index (κ2) is 10.8. The molecule has 2 aromatic heterocycles. The standard InChI is InChI=1S/C48H28BNO3/c1-6-18-39(50-40-19-7-2-13-33(40)34-14-3-8-20-41(34)50)31(12-1)29-24-25-44-38(27-29)49-48-37(35-15-4-10-22-43(35)53-49)26-30(28-46(48)52-44)32-17-11-23-45-47(32)36-16-5-9-21-42(36)51-45/h1-28H. The molecule has 0 spiro atoms. The average molecular weight is 678 g/mol. The van der Waals surface area contributed by atoms with Gasteiger partial charge in [0.2, 0.25) is 0 Å². The van der Waals surface area contributed by atoms with Crippen molar-refractivity contribution < 1.29 is 13.8 Å². The quantitative estimate of drug-likeness (QED) is 0.175. The molecule has 0 bridgehead atoms. The first-order chi connectivity index (χ1) is 26.3. The lowest BCUT2D eigenvalue weighted by atomic mass is 9.50. The van der Waals surface area contributed by atoms with Gasteiger partial charge < -0.3 is 18.4 Å². The van der Waals surface area contributed by atoms with E-state index in [2.05, 4.69) is 150 Å². The van der Waals surface area contributed by atoms with Crippen molar-refractivity contribution in [1.29, 1.82) is 0 Å². The Morgan fingerprint density at radius 3 is 1.96 bits per heavy atom. The number of hydrogen-bond donors (Lipinski definition) is 0. The van der Waals surface area contributed by atoms with Gasteiger partial charge in [0.25, 0.3) is 0 Å². The number of aromatic nitrogens is 1. The van der Waals surface area contributed by atoms with E-state index in [4.69, 9.17) is 13.8 Å². The number of nitrogens with zero attached hydrogens (tertiary/aromatic N) is 1. The summed E-state index contributed by atoms with van der Waals surface area (Å²) in [6, 6.07) is 59.9. The minimum atomic E-state index is -0.335. The highest BCUT2D eigenvalue weighted by Crippen LogP contribution is 2.45. The molecule has 4 heterocycles. The van der Waals surface area contributed by atoms with Crippen LogP contribution < -0.4 is 20.3 Å². The van der Waals surface area contributed by atoms with Gasteiger partial charge in [-0.05, 0) is 76.9 Å². The van der Waals surface area contributed by atoms with Crippen LogP contribution in [0.25, 0.3) is 82.8 Å². The van der Waals surface area contributed by atoms with Crippen molar-refractivity contribution in [1.82, 2.24) is 4.57 Å². The van der Waals surface area contributed by atoms with Crippen molar-refractivity contribution in [2.45, 2.75) is 0 Å². The molecule has 0 atom stereocenters. The Morgan fingerprint density at radius 2 is 1.11 bits per heavy atom. The predicted octanol–water partition coefficient (Wildman–Crippen LogP) is 11.3. The molecule has 12 rings (SSSR count). The van der Waals surface area contributed by atoms with Crippen LogP contribution in [0.3, 0.4) is 0 Å². The molecule has 0 radical (unpaired) electrons. The van der Waals surface area contributed by atoms with Gasteiger partial charge in [0.15, 0.2) is 0 Å². The monoisotopic (exact) mass is 677 g/mol. The van der Waals surface area contributed by atoms with Gasteiger partial charge in [0, 0.05) is 43.6 Å². The molecule has 0 saturated heterocycles. The zero-order valence-electron chi connectivity index (χ0n) is 28.4. The molecule has 5 heteroatoms.